The van der Waals surface area contributed by atoms with E-state index in [0.717, 1.165) is 25.6 Å². The monoisotopic (exact) mass is 247 g/mol. The Bertz CT molecular complexity index is 332. The molecule has 2 rings (SSSR count). The second kappa shape index (κ2) is 6.91. The zero-order valence-electron chi connectivity index (χ0n) is 11.6. The van der Waals surface area contributed by atoms with Gasteiger partial charge in [-0.05, 0) is 44.6 Å². The summed E-state index contributed by atoms with van der Waals surface area (Å²) in [5, 5.41) is 3.64. The minimum absolute atomic E-state index is 0.331. The molecular weight excluding hydrogens is 222 g/mol. The van der Waals surface area contributed by atoms with Crippen LogP contribution in [0.25, 0.3) is 0 Å². The summed E-state index contributed by atoms with van der Waals surface area (Å²) in [6.07, 6.45) is 4.13. The van der Waals surface area contributed by atoms with Crippen LogP contribution in [-0.4, -0.2) is 25.3 Å². The van der Waals surface area contributed by atoms with Crippen LogP contribution in [0, 0.1) is 0 Å². The smallest absolute Gasteiger partial charge is 0.0518 e. The van der Waals surface area contributed by atoms with Crippen molar-refractivity contribution in [2.75, 3.05) is 13.2 Å². The molecule has 0 spiro atoms. The first-order chi connectivity index (χ1) is 8.75. The zero-order valence-corrected chi connectivity index (χ0v) is 11.6. The maximum absolute atomic E-state index is 5.69. The molecule has 0 saturated heterocycles. The molecule has 0 amide bonds. The molecule has 1 N–H and O–H groups in total. The van der Waals surface area contributed by atoms with E-state index in [0.29, 0.717) is 12.0 Å². The third-order valence-corrected chi connectivity index (χ3v) is 3.42. The van der Waals surface area contributed by atoms with Crippen LogP contribution >= 0.6 is 0 Å². The van der Waals surface area contributed by atoms with Gasteiger partial charge in [0.25, 0.3) is 0 Å². The highest BCUT2D eigenvalue weighted by Gasteiger charge is 2.22. The molecule has 0 aromatic heterocycles. The molecule has 1 saturated carbocycles. The standard InChI is InChI=1S/C16H25NO/c1-13(2)18-11-10-15(12-17-16-8-9-16)14-6-4-3-5-7-14/h3-7,13,15-17H,8-12H2,1-2H3. The molecule has 1 aromatic carbocycles. The molecule has 1 aromatic rings. The third kappa shape index (κ3) is 4.79. The van der Waals surface area contributed by atoms with Crippen LogP contribution in [0.2, 0.25) is 0 Å². The number of hydrogen-bond acceptors (Lipinski definition) is 2. The van der Waals surface area contributed by atoms with Crippen molar-refractivity contribution in [1.29, 1.82) is 0 Å². The van der Waals surface area contributed by atoms with Crippen molar-refractivity contribution in [3.05, 3.63) is 35.9 Å². The van der Waals surface area contributed by atoms with Gasteiger partial charge in [0.05, 0.1) is 6.10 Å². The van der Waals surface area contributed by atoms with E-state index >= 15 is 0 Å². The summed E-state index contributed by atoms with van der Waals surface area (Å²) >= 11 is 0. The van der Waals surface area contributed by atoms with Gasteiger partial charge in [0, 0.05) is 19.2 Å². The Labute approximate surface area is 111 Å². The number of benzene rings is 1. The van der Waals surface area contributed by atoms with E-state index in [2.05, 4.69) is 49.5 Å². The number of rotatable bonds is 8. The number of hydrogen-bond donors (Lipinski definition) is 1. The van der Waals surface area contributed by atoms with E-state index in [1.54, 1.807) is 0 Å². The Morgan fingerprint density at radius 3 is 2.56 bits per heavy atom. The summed E-state index contributed by atoms with van der Waals surface area (Å²) in [6, 6.07) is 11.6. The molecule has 0 heterocycles. The third-order valence-electron chi connectivity index (χ3n) is 3.42. The van der Waals surface area contributed by atoms with Crippen LogP contribution < -0.4 is 5.32 Å². The average molecular weight is 247 g/mol. The van der Waals surface area contributed by atoms with Crippen LogP contribution in [0.5, 0.6) is 0 Å². The topological polar surface area (TPSA) is 21.3 Å². The fraction of sp³-hybridized carbons (Fsp3) is 0.625. The van der Waals surface area contributed by atoms with E-state index < -0.39 is 0 Å². The zero-order chi connectivity index (χ0) is 12.8. The quantitative estimate of drug-likeness (QED) is 0.760. The van der Waals surface area contributed by atoms with Gasteiger partial charge in [-0.1, -0.05) is 30.3 Å². The molecule has 2 nitrogen and oxygen atoms in total. The molecule has 18 heavy (non-hydrogen) atoms. The van der Waals surface area contributed by atoms with Gasteiger partial charge in [0.15, 0.2) is 0 Å². The summed E-state index contributed by atoms with van der Waals surface area (Å²) in [6.45, 7) is 6.12. The normalized spacial score (nSPS) is 17.1. The summed E-state index contributed by atoms with van der Waals surface area (Å²) in [4.78, 5) is 0. The van der Waals surface area contributed by atoms with Gasteiger partial charge >= 0.3 is 0 Å². The van der Waals surface area contributed by atoms with E-state index in [9.17, 15) is 0 Å². The Hall–Kier alpha value is -0.860. The lowest BCUT2D eigenvalue weighted by Crippen LogP contribution is -2.24. The van der Waals surface area contributed by atoms with Crippen LogP contribution in [0.4, 0.5) is 0 Å². The summed E-state index contributed by atoms with van der Waals surface area (Å²) < 4.78 is 5.69. The predicted octanol–water partition coefficient (Wildman–Crippen LogP) is 3.34. The molecule has 1 aliphatic rings. The van der Waals surface area contributed by atoms with Crippen molar-refractivity contribution < 1.29 is 4.74 Å². The fourth-order valence-electron chi connectivity index (χ4n) is 2.15. The Balaban J connectivity index is 1.84. The number of ether oxygens (including phenoxy) is 1. The molecular formula is C16H25NO. The maximum atomic E-state index is 5.69. The van der Waals surface area contributed by atoms with Gasteiger partial charge < -0.3 is 10.1 Å². The lowest BCUT2D eigenvalue weighted by molar-refractivity contribution is 0.0732. The van der Waals surface area contributed by atoms with Crippen LogP contribution in [-0.2, 0) is 4.74 Å². The molecule has 0 bridgehead atoms. The van der Waals surface area contributed by atoms with E-state index in [4.69, 9.17) is 4.74 Å². The van der Waals surface area contributed by atoms with Crippen molar-refractivity contribution in [2.45, 2.75) is 51.2 Å². The second-order valence-corrected chi connectivity index (χ2v) is 5.50. The SMILES string of the molecule is CC(C)OCCC(CNC1CC1)c1ccccc1. The van der Waals surface area contributed by atoms with Crippen LogP contribution in [0.15, 0.2) is 30.3 Å². The van der Waals surface area contributed by atoms with Gasteiger partial charge in [0.1, 0.15) is 0 Å². The molecule has 1 fully saturated rings. The average Bonchev–Trinajstić information content (AvgIpc) is 3.18. The number of nitrogens with one attached hydrogen (secondary N) is 1. The van der Waals surface area contributed by atoms with E-state index in [1.165, 1.54) is 18.4 Å². The first-order valence-corrected chi connectivity index (χ1v) is 7.15. The van der Waals surface area contributed by atoms with Gasteiger partial charge in [-0.3, -0.25) is 0 Å². The highest BCUT2D eigenvalue weighted by Crippen LogP contribution is 2.23. The minimum Gasteiger partial charge on any atom is -0.379 e. The summed E-state index contributed by atoms with van der Waals surface area (Å²) in [5.74, 6) is 0.575. The summed E-state index contributed by atoms with van der Waals surface area (Å²) in [7, 11) is 0. The first kappa shape index (κ1) is 13.6. The van der Waals surface area contributed by atoms with Crippen molar-refractivity contribution in [2.24, 2.45) is 0 Å². The molecule has 2 heteroatoms. The van der Waals surface area contributed by atoms with Gasteiger partial charge in [-0.25, -0.2) is 0 Å². The highest BCUT2D eigenvalue weighted by molar-refractivity contribution is 5.20. The minimum atomic E-state index is 0.331. The maximum Gasteiger partial charge on any atom is 0.0518 e. The van der Waals surface area contributed by atoms with E-state index in [1.807, 2.05) is 0 Å². The molecule has 100 valence electrons. The first-order valence-electron chi connectivity index (χ1n) is 7.15. The highest BCUT2D eigenvalue weighted by atomic mass is 16.5. The lowest BCUT2D eigenvalue weighted by Gasteiger charge is -2.19. The largest absolute Gasteiger partial charge is 0.379 e. The van der Waals surface area contributed by atoms with Gasteiger partial charge in [0.2, 0.25) is 0 Å². The van der Waals surface area contributed by atoms with E-state index in [-0.39, 0.29) is 0 Å². The Morgan fingerprint density at radius 1 is 1.22 bits per heavy atom. The Kier molecular flexibility index (Phi) is 5.21. The molecule has 1 unspecified atom stereocenters. The second-order valence-electron chi connectivity index (χ2n) is 5.50. The summed E-state index contributed by atoms with van der Waals surface area (Å²) in [5.41, 5.74) is 1.43. The molecule has 1 atom stereocenters. The van der Waals surface area contributed by atoms with Crippen molar-refractivity contribution in [1.82, 2.24) is 5.32 Å². The predicted molar refractivity (Wildman–Crippen MR) is 75.9 cm³/mol. The Morgan fingerprint density at radius 2 is 1.94 bits per heavy atom. The lowest BCUT2D eigenvalue weighted by atomic mass is 9.96. The van der Waals surface area contributed by atoms with Crippen molar-refractivity contribution >= 4 is 0 Å². The fourth-order valence-corrected chi connectivity index (χ4v) is 2.15. The van der Waals surface area contributed by atoms with Crippen LogP contribution in [0.1, 0.15) is 44.6 Å². The van der Waals surface area contributed by atoms with Gasteiger partial charge in [-0.15, -0.1) is 0 Å². The molecule has 0 radical (unpaired) electrons. The van der Waals surface area contributed by atoms with Gasteiger partial charge in [-0.2, -0.15) is 0 Å². The molecule has 1 aliphatic carbocycles. The molecule has 0 aliphatic heterocycles. The van der Waals surface area contributed by atoms with Crippen molar-refractivity contribution in [3.63, 3.8) is 0 Å². The van der Waals surface area contributed by atoms with Crippen molar-refractivity contribution in [3.8, 4) is 0 Å². The van der Waals surface area contributed by atoms with Crippen LogP contribution in [0.3, 0.4) is 0 Å².